The fourth-order valence-electron chi connectivity index (χ4n) is 4.17. The third-order valence-electron chi connectivity index (χ3n) is 6.16. The van der Waals surface area contributed by atoms with Crippen LogP contribution in [0.4, 0.5) is 16.2 Å². The summed E-state index contributed by atoms with van der Waals surface area (Å²) in [6.07, 6.45) is 2.15. The highest BCUT2D eigenvalue weighted by Crippen LogP contribution is 2.33. The summed E-state index contributed by atoms with van der Waals surface area (Å²) in [6, 6.07) is 16.0. The zero-order valence-corrected chi connectivity index (χ0v) is 23.3. The molecule has 0 atom stereocenters. The van der Waals surface area contributed by atoms with Gasteiger partial charge in [0.2, 0.25) is 0 Å². The molecule has 1 fully saturated rings. The van der Waals surface area contributed by atoms with Crippen LogP contribution in [-0.4, -0.2) is 44.1 Å². The number of aryl methyl sites for hydroxylation is 2. The number of benzene rings is 3. The number of anilines is 2. The minimum atomic E-state index is -0.881. The Bertz CT molecular complexity index is 1530. The molecule has 212 valence electrons. The molecule has 2 N–H and O–H groups in total. The lowest BCUT2D eigenvalue weighted by atomic mass is 10.1. The number of nitrogens with one attached hydrogen (secondary N) is 2. The van der Waals surface area contributed by atoms with Crippen LogP contribution in [0.25, 0.3) is 6.08 Å². The van der Waals surface area contributed by atoms with Crippen molar-refractivity contribution >= 4 is 41.2 Å². The molecule has 1 aliphatic rings. The lowest BCUT2D eigenvalue weighted by Crippen LogP contribution is -2.54. The first-order valence-corrected chi connectivity index (χ1v) is 13.0. The highest BCUT2D eigenvalue weighted by Gasteiger charge is 2.37. The van der Waals surface area contributed by atoms with Gasteiger partial charge in [-0.1, -0.05) is 36.8 Å². The summed E-state index contributed by atoms with van der Waals surface area (Å²) in [4.78, 5) is 51.9. The van der Waals surface area contributed by atoms with E-state index in [1.54, 1.807) is 30.3 Å². The third kappa shape index (κ3) is 6.91. The van der Waals surface area contributed by atoms with Crippen molar-refractivity contribution in [2.45, 2.75) is 27.2 Å². The zero-order valence-electron chi connectivity index (χ0n) is 23.3. The maximum absolute atomic E-state index is 13.3. The molecule has 5 amide bonds. The van der Waals surface area contributed by atoms with Gasteiger partial charge in [-0.25, -0.2) is 9.69 Å². The molecule has 10 heteroatoms. The maximum Gasteiger partial charge on any atom is 0.335 e. The molecule has 4 rings (SSSR count). The molecule has 1 saturated heterocycles. The van der Waals surface area contributed by atoms with Gasteiger partial charge in [0.25, 0.3) is 17.7 Å². The van der Waals surface area contributed by atoms with Gasteiger partial charge in [-0.15, -0.1) is 0 Å². The Morgan fingerprint density at radius 2 is 1.78 bits per heavy atom. The topological polar surface area (TPSA) is 123 Å². The molecule has 0 saturated carbocycles. The number of urea groups is 1. The van der Waals surface area contributed by atoms with E-state index in [0.29, 0.717) is 35.1 Å². The van der Waals surface area contributed by atoms with Crippen molar-refractivity contribution in [1.29, 1.82) is 0 Å². The van der Waals surface area contributed by atoms with Gasteiger partial charge in [-0.2, -0.15) is 0 Å². The molecule has 0 spiro atoms. The van der Waals surface area contributed by atoms with Crippen molar-refractivity contribution in [3.05, 3.63) is 82.9 Å². The van der Waals surface area contributed by atoms with Crippen LogP contribution in [-0.2, 0) is 14.4 Å². The number of rotatable bonds is 10. The van der Waals surface area contributed by atoms with E-state index in [4.69, 9.17) is 14.2 Å². The first-order valence-electron chi connectivity index (χ1n) is 13.0. The second-order valence-corrected chi connectivity index (χ2v) is 9.37. The Morgan fingerprint density at radius 1 is 0.976 bits per heavy atom. The van der Waals surface area contributed by atoms with E-state index in [-0.39, 0.29) is 23.8 Å². The van der Waals surface area contributed by atoms with Crippen molar-refractivity contribution in [2.24, 2.45) is 0 Å². The number of nitrogens with zero attached hydrogens (tertiary/aromatic N) is 1. The standard InChI is InChI=1S/C31H31N3O7/c1-5-13-40-26-12-10-22(17-27(26)39-4)34-30(37)24(29(36)33-31(34)38)16-21-7-6-8-23(15-21)41-18-28(35)32-25-11-9-19(2)14-20(25)3/h6-12,14-17H,5,13,18H2,1-4H3,(H,32,35)(H,33,36,38)/b24-16-. The number of ether oxygens (including phenoxy) is 3. The number of hydrogen-bond acceptors (Lipinski definition) is 7. The summed E-state index contributed by atoms with van der Waals surface area (Å²) < 4.78 is 16.7. The largest absolute Gasteiger partial charge is 0.493 e. The first kappa shape index (κ1) is 28.9. The Kier molecular flexibility index (Phi) is 9.03. The summed E-state index contributed by atoms with van der Waals surface area (Å²) in [5.41, 5.74) is 3.15. The summed E-state index contributed by atoms with van der Waals surface area (Å²) in [7, 11) is 1.45. The van der Waals surface area contributed by atoms with Crippen LogP contribution in [0.1, 0.15) is 30.0 Å². The zero-order chi connectivity index (χ0) is 29.5. The number of barbiturate groups is 1. The van der Waals surface area contributed by atoms with Gasteiger partial charge in [0.15, 0.2) is 18.1 Å². The predicted molar refractivity (Wildman–Crippen MR) is 154 cm³/mol. The minimum Gasteiger partial charge on any atom is -0.493 e. The van der Waals surface area contributed by atoms with E-state index in [2.05, 4.69) is 10.6 Å². The number of hydrogen-bond donors (Lipinski definition) is 2. The van der Waals surface area contributed by atoms with Crippen molar-refractivity contribution < 1.29 is 33.4 Å². The molecule has 41 heavy (non-hydrogen) atoms. The Labute approximate surface area is 237 Å². The molecule has 1 heterocycles. The first-order chi connectivity index (χ1) is 19.7. The summed E-state index contributed by atoms with van der Waals surface area (Å²) in [6.45, 7) is 6.08. The van der Waals surface area contributed by atoms with E-state index in [1.807, 2.05) is 39.0 Å². The van der Waals surface area contributed by atoms with Gasteiger partial charge in [-0.05, 0) is 67.8 Å². The molecule has 3 aromatic carbocycles. The molecular weight excluding hydrogens is 526 g/mol. The van der Waals surface area contributed by atoms with Crippen LogP contribution in [0, 0.1) is 13.8 Å². The molecule has 3 aromatic rings. The van der Waals surface area contributed by atoms with Crippen LogP contribution in [0.3, 0.4) is 0 Å². The number of methoxy groups -OCH3 is 1. The van der Waals surface area contributed by atoms with Crippen molar-refractivity contribution in [1.82, 2.24) is 5.32 Å². The summed E-state index contributed by atoms with van der Waals surface area (Å²) in [5.74, 6) is -0.801. The Balaban J connectivity index is 1.50. The maximum atomic E-state index is 13.3. The van der Waals surface area contributed by atoms with Gasteiger partial charge in [0.05, 0.1) is 19.4 Å². The quantitative estimate of drug-likeness (QED) is 0.272. The SMILES string of the molecule is CCCOc1ccc(N2C(=O)NC(=O)/C(=C/c3cccc(OCC(=O)Nc4ccc(C)cc4C)c3)C2=O)cc1OC. The van der Waals surface area contributed by atoms with Gasteiger partial charge >= 0.3 is 6.03 Å². The van der Waals surface area contributed by atoms with Gasteiger partial charge < -0.3 is 19.5 Å². The number of carbonyl (C=O) groups is 4. The molecule has 0 radical (unpaired) electrons. The average molecular weight is 558 g/mol. The number of carbonyl (C=O) groups excluding carboxylic acids is 4. The Morgan fingerprint density at radius 3 is 2.51 bits per heavy atom. The smallest absolute Gasteiger partial charge is 0.335 e. The number of amides is 5. The second-order valence-electron chi connectivity index (χ2n) is 9.37. The third-order valence-corrected chi connectivity index (χ3v) is 6.16. The summed E-state index contributed by atoms with van der Waals surface area (Å²) in [5, 5.41) is 5.02. The Hall–Kier alpha value is -5.12. The lowest BCUT2D eigenvalue weighted by Gasteiger charge is -2.27. The van der Waals surface area contributed by atoms with Crippen molar-refractivity contribution in [3.63, 3.8) is 0 Å². The molecule has 0 aliphatic carbocycles. The van der Waals surface area contributed by atoms with Crippen LogP contribution in [0.5, 0.6) is 17.2 Å². The fraction of sp³-hybridized carbons (Fsp3) is 0.226. The van der Waals surface area contributed by atoms with Gasteiger partial charge in [0, 0.05) is 11.8 Å². The molecule has 10 nitrogen and oxygen atoms in total. The second kappa shape index (κ2) is 12.8. The van der Waals surface area contributed by atoms with E-state index in [9.17, 15) is 19.2 Å². The van der Waals surface area contributed by atoms with Gasteiger partial charge in [0.1, 0.15) is 11.3 Å². The molecule has 0 bridgehead atoms. The molecule has 1 aliphatic heterocycles. The van der Waals surface area contributed by atoms with E-state index in [1.165, 1.54) is 25.3 Å². The normalized spacial score (nSPS) is 14.1. The van der Waals surface area contributed by atoms with Crippen LogP contribution in [0.15, 0.2) is 66.2 Å². The molecular formula is C31H31N3O7. The van der Waals surface area contributed by atoms with Crippen LogP contribution >= 0.6 is 0 Å². The van der Waals surface area contributed by atoms with Crippen molar-refractivity contribution in [2.75, 3.05) is 30.5 Å². The predicted octanol–water partition coefficient (Wildman–Crippen LogP) is 4.78. The monoisotopic (exact) mass is 557 g/mol. The minimum absolute atomic E-state index is 0.207. The van der Waals surface area contributed by atoms with Crippen LogP contribution in [0.2, 0.25) is 0 Å². The van der Waals surface area contributed by atoms with Crippen molar-refractivity contribution in [3.8, 4) is 17.2 Å². The highest BCUT2D eigenvalue weighted by molar-refractivity contribution is 6.39. The lowest BCUT2D eigenvalue weighted by molar-refractivity contribution is -0.122. The van der Waals surface area contributed by atoms with E-state index in [0.717, 1.165) is 22.4 Å². The number of imide groups is 2. The molecule has 0 unspecified atom stereocenters. The van der Waals surface area contributed by atoms with Gasteiger partial charge in [-0.3, -0.25) is 19.7 Å². The molecule has 0 aromatic heterocycles. The van der Waals surface area contributed by atoms with E-state index >= 15 is 0 Å². The fourth-order valence-corrected chi connectivity index (χ4v) is 4.17. The van der Waals surface area contributed by atoms with Crippen LogP contribution < -0.4 is 29.7 Å². The van der Waals surface area contributed by atoms with E-state index < -0.39 is 17.8 Å². The average Bonchev–Trinajstić information content (AvgIpc) is 2.95. The highest BCUT2D eigenvalue weighted by atomic mass is 16.5. The summed E-state index contributed by atoms with van der Waals surface area (Å²) >= 11 is 0.